The summed E-state index contributed by atoms with van der Waals surface area (Å²) in [7, 11) is 0. The molecule has 0 radical (unpaired) electrons. The lowest BCUT2D eigenvalue weighted by molar-refractivity contribution is 0.00624. The highest BCUT2D eigenvalue weighted by Gasteiger charge is 2.19. The number of aromatic nitrogens is 1. The van der Waals surface area contributed by atoms with Crippen molar-refractivity contribution >= 4 is 12.1 Å². The van der Waals surface area contributed by atoms with E-state index in [1.807, 2.05) is 0 Å². The van der Waals surface area contributed by atoms with E-state index in [1.54, 1.807) is 59.7 Å². The van der Waals surface area contributed by atoms with Crippen molar-refractivity contribution in [2.45, 2.75) is 59.3 Å². The van der Waals surface area contributed by atoms with Crippen molar-refractivity contribution in [2.75, 3.05) is 0 Å². The van der Waals surface area contributed by atoms with Crippen molar-refractivity contribution in [1.29, 1.82) is 0 Å². The van der Waals surface area contributed by atoms with Crippen molar-refractivity contribution in [2.24, 2.45) is 0 Å². The molecule has 0 saturated heterocycles. The average Bonchev–Trinajstić information content (AvgIpc) is 2.32. The Kier molecular flexibility index (Phi) is 5.52. The summed E-state index contributed by atoms with van der Waals surface area (Å²) in [6.45, 7) is 10.9. The Morgan fingerprint density at radius 3 is 2.18 bits per heavy atom. The monoisotopic (exact) mass is 308 g/mol. The molecule has 0 aliphatic rings. The normalized spacial score (nSPS) is 11.7. The van der Waals surface area contributed by atoms with E-state index < -0.39 is 23.3 Å². The maximum atomic E-state index is 11.9. The minimum absolute atomic E-state index is 0.172. The summed E-state index contributed by atoms with van der Waals surface area (Å²) in [5, 5.41) is 2.59. The molecule has 1 amide bonds. The number of carbonyl (C=O) groups excluding carboxylic acids is 2. The molecular formula is C16H24N2O4. The molecule has 1 heterocycles. The number of esters is 1. The maximum Gasteiger partial charge on any atom is 0.407 e. The Morgan fingerprint density at radius 1 is 1.05 bits per heavy atom. The first-order valence-corrected chi connectivity index (χ1v) is 7.12. The van der Waals surface area contributed by atoms with Gasteiger partial charge in [-0.25, -0.2) is 14.6 Å². The fourth-order valence-electron chi connectivity index (χ4n) is 1.50. The van der Waals surface area contributed by atoms with Crippen molar-refractivity contribution < 1.29 is 19.1 Å². The largest absolute Gasteiger partial charge is 0.455 e. The Hall–Kier alpha value is -2.11. The summed E-state index contributed by atoms with van der Waals surface area (Å²) in [4.78, 5) is 27.7. The minimum atomic E-state index is -0.580. The van der Waals surface area contributed by atoms with Gasteiger partial charge in [-0.2, -0.15) is 0 Å². The summed E-state index contributed by atoms with van der Waals surface area (Å²) in [6, 6.07) is 4.98. The second-order valence-corrected chi connectivity index (χ2v) is 6.87. The van der Waals surface area contributed by atoms with Crippen LogP contribution in [0.4, 0.5) is 4.79 Å². The van der Waals surface area contributed by atoms with Crippen molar-refractivity contribution in [3.63, 3.8) is 0 Å². The van der Waals surface area contributed by atoms with Crippen LogP contribution in [0.25, 0.3) is 0 Å². The summed E-state index contributed by atoms with van der Waals surface area (Å²) < 4.78 is 10.4. The van der Waals surface area contributed by atoms with Crippen LogP contribution in [0.1, 0.15) is 57.7 Å². The first-order valence-electron chi connectivity index (χ1n) is 7.12. The molecule has 0 aliphatic heterocycles. The second-order valence-electron chi connectivity index (χ2n) is 6.87. The van der Waals surface area contributed by atoms with Crippen LogP contribution in [-0.4, -0.2) is 28.2 Å². The summed E-state index contributed by atoms with van der Waals surface area (Å²) in [5.74, 6) is -0.494. The zero-order chi connectivity index (χ0) is 17.0. The van der Waals surface area contributed by atoms with Crippen molar-refractivity contribution in [1.82, 2.24) is 10.3 Å². The van der Waals surface area contributed by atoms with Crippen LogP contribution in [0.3, 0.4) is 0 Å². The van der Waals surface area contributed by atoms with Gasteiger partial charge in [-0.3, -0.25) is 0 Å². The quantitative estimate of drug-likeness (QED) is 0.868. The number of rotatable bonds is 3. The summed E-state index contributed by atoms with van der Waals surface area (Å²) in [6.07, 6.45) is -0.531. The lowest BCUT2D eigenvalue weighted by atomic mass is 10.2. The predicted molar refractivity (Wildman–Crippen MR) is 82.5 cm³/mol. The van der Waals surface area contributed by atoms with E-state index in [2.05, 4.69) is 10.3 Å². The Labute approximate surface area is 131 Å². The molecule has 1 N–H and O–H groups in total. The van der Waals surface area contributed by atoms with Crippen LogP contribution in [0.15, 0.2) is 18.2 Å². The van der Waals surface area contributed by atoms with E-state index in [0.717, 1.165) is 0 Å². The van der Waals surface area contributed by atoms with E-state index in [-0.39, 0.29) is 12.2 Å². The Bertz CT molecular complexity index is 542. The number of ether oxygens (including phenoxy) is 2. The molecule has 0 spiro atoms. The fraction of sp³-hybridized carbons (Fsp3) is 0.562. The molecule has 0 aromatic carbocycles. The summed E-state index contributed by atoms with van der Waals surface area (Å²) >= 11 is 0. The maximum absolute atomic E-state index is 11.9. The number of alkyl carbamates (subject to hydrolysis) is 1. The fourth-order valence-corrected chi connectivity index (χ4v) is 1.50. The van der Waals surface area contributed by atoms with Crippen LogP contribution in [0, 0.1) is 0 Å². The van der Waals surface area contributed by atoms with Crippen molar-refractivity contribution in [3.8, 4) is 0 Å². The highest BCUT2D eigenvalue weighted by atomic mass is 16.6. The third-order valence-corrected chi connectivity index (χ3v) is 2.23. The molecule has 1 aromatic heterocycles. The van der Waals surface area contributed by atoms with E-state index >= 15 is 0 Å². The molecular weight excluding hydrogens is 284 g/mol. The van der Waals surface area contributed by atoms with Gasteiger partial charge in [-0.15, -0.1) is 0 Å². The highest BCUT2D eigenvalue weighted by Crippen LogP contribution is 2.11. The molecule has 0 bridgehead atoms. The number of amides is 1. The van der Waals surface area contributed by atoms with Gasteiger partial charge in [-0.1, -0.05) is 6.07 Å². The minimum Gasteiger partial charge on any atom is -0.455 e. The van der Waals surface area contributed by atoms with Gasteiger partial charge in [0, 0.05) is 0 Å². The molecule has 0 fully saturated rings. The highest BCUT2D eigenvalue weighted by molar-refractivity contribution is 5.87. The van der Waals surface area contributed by atoms with E-state index in [9.17, 15) is 9.59 Å². The zero-order valence-electron chi connectivity index (χ0n) is 14.0. The van der Waals surface area contributed by atoms with Gasteiger partial charge in [-0.05, 0) is 53.7 Å². The van der Waals surface area contributed by atoms with Gasteiger partial charge in [0.15, 0.2) is 0 Å². The lowest BCUT2D eigenvalue weighted by Gasteiger charge is -2.20. The molecule has 6 heteroatoms. The van der Waals surface area contributed by atoms with Crippen molar-refractivity contribution in [3.05, 3.63) is 29.6 Å². The average molecular weight is 308 g/mol. The van der Waals surface area contributed by atoms with Gasteiger partial charge in [0.1, 0.15) is 16.9 Å². The SMILES string of the molecule is CC(C)(C)OC(=O)NCc1cccc(C(=O)OC(C)(C)C)n1. The molecule has 6 nitrogen and oxygen atoms in total. The molecule has 1 aromatic rings. The van der Waals surface area contributed by atoms with Gasteiger partial charge >= 0.3 is 12.1 Å². The molecule has 0 aliphatic carbocycles. The third-order valence-electron chi connectivity index (χ3n) is 2.23. The van der Waals surface area contributed by atoms with Gasteiger partial charge < -0.3 is 14.8 Å². The van der Waals surface area contributed by atoms with Gasteiger partial charge in [0.2, 0.25) is 0 Å². The molecule has 0 saturated carbocycles. The van der Waals surface area contributed by atoms with Crippen LogP contribution in [-0.2, 0) is 16.0 Å². The topological polar surface area (TPSA) is 77.5 Å². The Morgan fingerprint density at radius 2 is 1.64 bits per heavy atom. The predicted octanol–water partition coefficient (Wildman–Crippen LogP) is 3.06. The molecule has 0 atom stereocenters. The van der Waals surface area contributed by atoms with E-state index in [0.29, 0.717) is 5.69 Å². The third kappa shape index (κ3) is 7.06. The number of hydrogen-bond donors (Lipinski definition) is 1. The van der Waals surface area contributed by atoms with Gasteiger partial charge in [0.05, 0.1) is 12.2 Å². The Balaban J connectivity index is 2.65. The molecule has 0 unspecified atom stereocenters. The number of nitrogens with zero attached hydrogens (tertiary/aromatic N) is 1. The number of hydrogen-bond acceptors (Lipinski definition) is 5. The van der Waals surface area contributed by atoms with Crippen LogP contribution >= 0.6 is 0 Å². The van der Waals surface area contributed by atoms with E-state index in [4.69, 9.17) is 9.47 Å². The van der Waals surface area contributed by atoms with Crippen LogP contribution in [0.5, 0.6) is 0 Å². The van der Waals surface area contributed by atoms with Gasteiger partial charge in [0.25, 0.3) is 0 Å². The number of carbonyl (C=O) groups is 2. The zero-order valence-corrected chi connectivity index (χ0v) is 14.0. The summed E-state index contributed by atoms with van der Waals surface area (Å²) in [5.41, 5.74) is -0.382. The first-order chi connectivity index (χ1) is 9.96. The lowest BCUT2D eigenvalue weighted by Crippen LogP contribution is -2.32. The number of pyridine rings is 1. The molecule has 122 valence electrons. The first kappa shape index (κ1) is 17.9. The molecule has 22 heavy (non-hydrogen) atoms. The smallest absolute Gasteiger partial charge is 0.407 e. The van der Waals surface area contributed by atoms with E-state index in [1.165, 1.54) is 0 Å². The van der Waals surface area contributed by atoms with Crippen LogP contribution < -0.4 is 5.32 Å². The number of nitrogens with one attached hydrogen (secondary N) is 1. The molecule has 1 rings (SSSR count). The van der Waals surface area contributed by atoms with Crippen LogP contribution in [0.2, 0.25) is 0 Å². The standard InChI is InChI=1S/C16H24N2O4/c1-15(2,3)21-13(19)12-9-7-8-11(18-12)10-17-14(20)22-16(4,5)6/h7-9H,10H2,1-6H3,(H,17,20). The second kappa shape index (κ2) is 6.77.